The van der Waals surface area contributed by atoms with Crippen molar-refractivity contribution in [2.24, 2.45) is 0 Å². The molecule has 0 aliphatic carbocycles. The molecule has 0 amide bonds. The molecule has 0 aliphatic heterocycles. The summed E-state index contributed by atoms with van der Waals surface area (Å²) in [6, 6.07) is 12.4. The van der Waals surface area contributed by atoms with Crippen molar-refractivity contribution >= 4 is 5.69 Å². The molecule has 0 atom stereocenters. The number of anilines is 1. The van der Waals surface area contributed by atoms with Crippen LogP contribution in [0.3, 0.4) is 0 Å². The Balaban J connectivity index is 2.64. The van der Waals surface area contributed by atoms with Crippen molar-refractivity contribution < 1.29 is 0 Å². The molecule has 1 rings (SSSR count). The summed E-state index contributed by atoms with van der Waals surface area (Å²) in [7, 11) is 0. The fourth-order valence-electron chi connectivity index (χ4n) is 1.52. The number of rotatable bonds is 6. The van der Waals surface area contributed by atoms with E-state index in [0.717, 1.165) is 19.5 Å². The Morgan fingerprint density at radius 1 is 1.31 bits per heavy atom. The standard InChI is InChI=1S/C14H18N2/c1-13(2)9-12-16(11-6-10-15)14-7-4-3-5-8-14/h3-5,7-8H,1,6,9,11-12H2,2H3. The number of nitriles is 1. The summed E-state index contributed by atoms with van der Waals surface area (Å²) in [6.45, 7) is 7.66. The molecule has 0 N–H and O–H groups in total. The van der Waals surface area contributed by atoms with Crippen molar-refractivity contribution in [3.63, 3.8) is 0 Å². The van der Waals surface area contributed by atoms with E-state index in [4.69, 9.17) is 5.26 Å². The highest BCUT2D eigenvalue weighted by Crippen LogP contribution is 2.14. The molecule has 1 aromatic carbocycles. The average Bonchev–Trinajstić information content (AvgIpc) is 2.30. The van der Waals surface area contributed by atoms with Crippen LogP contribution in [0.1, 0.15) is 19.8 Å². The van der Waals surface area contributed by atoms with Crippen molar-refractivity contribution in [2.75, 3.05) is 18.0 Å². The third kappa shape index (κ3) is 4.18. The first-order valence-electron chi connectivity index (χ1n) is 5.55. The van der Waals surface area contributed by atoms with Crippen LogP contribution < -0.4 is 4.90 Å². The molecule has 0 aliphatic rings. The van der Waals surface area contributed by atoms with E-state index in [1.165, 1.54) is 11.3 Å². The van der Waals surface area contributed by atoms with Gasteiger partial charge in [0.1, 0.15) is 0 Å². The number of hydrogen-bond acceptors (Lipinski definition) is 2. The molecule has 0 fully saturated rings. The molecule has 16 heavy (non-hydrogen) atoms. The lowest BCUT2D eigenvalue weighted by molar-refractivity contribution is 0.778. The number of nitrogens with zero attached hydrogens (tertiary/aromatic N) is 2. The summed E-state index contributed by atoms with van der Waals surface area (Å²) >= 11 is 0. The highest BCUT2D eigenvalue weighted by atomic mass is 15.1. The van der Waals surface area contributed by atoms with E-state index in [0.29, 0.717) is 6.42 Å². The minimum Gasteiger partial charge on any atom is -0.370 e. The number of benzene rings is 1. The van der Waals surface area contributed by atoms with Gasteiger partial charge in [0.15, 0.2) is 0 Å². The summed E-state index contributed by atoms with van der Waals surface area (Å²) in [5.74, 6) is 0. The van der Waals surface area contributed by atoms with E-state index in [2.05, 4.69) is 29.7 Å². The van der Waals surface area contributed by atoms with Crippen molar-refractivity contribution in [3.05, 3.63) is 42.5 Å². The van der Waals surface area contributed by atoms with Gasteiger partial charge in [0.2, 0.25) is 0 Å². The smallest absolute Gasteiger partial charge is 0.0640 e. The zero-order valence-electron chi connectivity index (χ0n) is 9.82. The Bertz CT molecular complexity index is 362. The van der Waals surface area contributed by atoms with Gasteiger partial charge >= 0.3 is 0 Å². The second-order valence-electron chi connectivity index (χ2n) is 3.94. The monoisotopic (exact) mass is 214 g/mol. The van der Waals surface area contributed by atoms with Crippen molar-refractivity contribution in [2.45, 2.75) is 19.8 Å². The normalized spacial score (nSPS) is 9.50. The molecule has 2 nitrogen and oxygen atoms in total. The van der Waals surface area contributed by atoms with E-state index >= 15 is 0 Å². The Hall–Kier alpha value is -1.75. The predicted molar refractivity (Wildman–Crippen MR) is 68.3 cm³/mol. The zero-order chi connectivity index (χ0) is 11.8. The van der Waals surface area contributed by atoms with Crippen LogP contribution in [0.2, 0.25) is 0 Å². The summed E-state index contributed by atoms with van der Waals surface area (Å²) in [4.78, 5) is 2.23. The quantitative estimate of drug-likeness (QED) is 0.679. The van der Waals surface area contributed by atoms with Gasteiger partial charge in [0, 0.05) is 18.8 Å². The lowest BCUT2D eigenvalue weighted by Crippen LogP contribution is -2.25. The molecule has 0 radical (unpaired) electrons. The lowest BCUT2D eigenvalue weighted by atomic mass is 10.2. The molecule has 0 saturated carbocycles. The fourth-order valence-corrected chi connectivity index (χ4v) is 1.52. The molecular weight excluding hydrogens is 196 g/mol. The Labute approximate surface area is 97.8 Å². The third-order valence-electron chi connectivity index (χ3n) is 2.42. The van der Waals surface area contributed by atoms with Crippen molar-refractivity contribution in [1.29, 1.82) is 5.26 Å². The van der Waals surface area contributed by atoms with Gasteiger partial charge in [0.05, 0.1) is 12.5 Å². The van der Waals surface area contributed by atoms with E-state index in [1.54, 1.807) is 0 Å². The Morgan fingerprint density at radius 3 is 2.56 bits per heavy atom. The van der Waals surface area contributed by atoms with E-state index in [9.17, 15) is 0 Å². The molecule has 1 aromatic rings. The summed E-state index contributed by atoms with van der Waals surface area (Å²) in [5.41, 5.74) is 2.36. The maximum absolute atomic E-state index is 8.65. The largest absolute Gasteiger partial charge is 0.370 e. The number of para-hydroxylation sites is 1. The summed E-state index contributed by atoms with van der Waals surface area (Å²) in [6.07, 6.45) is 1.53. The van der Waals surface area contributed by atoms with Crippen LogP contribution in [0.15, 0.2) is 42.5 Å². The topological polar surface area (TPSA) is 27.0 Å². The minimum atomic E-state index is 0.561. The maximum Gasteiger partial charge on any atom is 0.0640 e. The van der Waals surface area contributed by atoms with E-state index in [1.807, 2.05) is 25.1 Å². The predicted octanol–water partition coefficient (Wildman–Crippen LogP) is 3.37. The van der Waals surface area contributed by atoms with Crippen LogP contribution in [0.5, 0.6) is 0 Å². The minimum absolute atomic E-state index is 0.561. The Kier molecular flexibility index (Phi) is 5.15. The molecule has 84 valence electrons. The van der Waals surface area contributed by atoms with Crippen LogP contribution in [-0.2, 0) is 0 Å². The highest BCUT2D eigenvalue weighted by molar-refractivity contribution is 5.46. The van der Waals surface area contributed by atoms with Gasteiger partial charge in [-0.25, -0.2) is 0 Å². The van der Waals surface area contributed by atoms with E-state index in [-0.39, 0.29) is 0 Å². The van der Waals surface area contributed by atoms with Crippen molar-refractivity contribution in [1.82, 2.24) is 0 Å². The zero-order valence-corrected chi connectivity index (χ0v) is 9.82. The van der Waals surface area contributed by atoms with Gasteiger partial charge in [-0.1, -0.05) is 23.8 Å². The molecule has 0 heterocycles. The average molecular weight is 214 g/mol. The summed E-state index contributed by atoms with van der Waals surface area (Å²) < 4.78 is 0. The summed E-state index contributed by atoms with van der Waals surface area (Å²) in [5, 5.41) is 8.65. The first-order valence-corrected chi connectivity index (χ1v) is 5.55. The fraction of sp³-hybridized carbons (Fsp3) is 0.357. The van der Waals surface area contributed by atoms with Gasteiger partial charge in [-0.05, 0) is 25.5 Å². The second-order valence-corrected chi connectivity index (χ2v) is 3.94. The van der Waals surface area contributed by atoms with Gasteiger partial charge < -0.3 is 4.90 Å². The molecule has 0 unspecified atom stereocenters. The van der Waals surface area contributed by atoms with Crippen LogP contribution in [-0.4, -0.2) is 13.1 Å². The molecule has 0 saturated heterocycles. The van der Waals surface area contributed by atoms with Crippen LogP contribution in [0.25, 0.3) is 0 Å². The molecular formula is C14H18N2. The highest BCUT2D eigenvalue weighted by Gasteiger charge is 2.04. The van der Waals surface area contributed by atoms with Crippen LogP contribution in [0.4, 0.5) is 5.69 Å². The van der Waals surface area contributed by atoms with E-state index < -0.39 is 0 Å². The van der Waals surface area contributed by atoms with Gasteiger partial charge in [-0.3, -0.25) is 0 Å². The van der Waals surface area contributed by atoms with Gasteiger partial charge in [-0.2, -0.15) is 5.26 Å². The molecule has 0 spiro atoms. The maximum atomic E-state index is 8.65. The van der Waals surface area contributed by atoms with Crippen LogP contribution >= 0.6 is 0 Å². The van der Waals surface area contributed by atoms with Gasteiger partial charge in [0.25, 0.3) is 0 Å². The lowest BCUT2D eigenvalue weighted by Gasteiger charge is -2.23. The molecule has 2 heteroatoms. The molecule has 0 aromatic heterocycles. The van der Waals surface area contributed by atoms with Crippen molar-refractivity contribution in [3.8, 4) is 6.07 Å². The third-order valence-corrected chi connectivity index (χ3v) is 2.42. The van der Waals surface area contributed by atoms with Crippen LogP contribution in [0, 0.1) is 11.3 Å². The first kappa shape index (κ1) is 12.3. The number of hydrogen-bond donors (Lipinski definition) is 0. The molecule has 0 bridgehead atoms. The first-order chi connectivity index (χ1) is 7.74. The second kappa shape index (κ2) is 6.68. The Morgan fingerprint density at radius 2 is 2.00 bits per heavy atom. The SMILES string of the molecule is C=C(C)CCN(CCC#N)c1ccccc1. The van der Waals surface area contributed by atoms with Gasteiger partial charge in [-0.15, -0.1) is 6.58 Å².